The summed E-state index contributed by atoms with van der Waals surface area (Å²) in [7, 11) is 3.72. The van der Waals surface area contributed by atoms with Gasteiger partial charge in [0.15, 0.2) is 0 Å². The highest BCUT2D eigenvalue weighted by molar-refractivity contribution is 9.10. The van der Waals surface area contributed by atoms with Gasteiger partial charge in [0, 0.05) is 33.2 Å². The first-order chi connectivity index (χ1) is 8.54. The Kier molecular flexibility index (Phi) is 4.04. The molecule has 7 heteroatoms. The monoisotopic (exact) mass is 315 g/mol. The highest BCUT2D eigenvalue weighted by Crippen LogP contribution is 2.25. The van der Waals surface area contributed by atoms with E-state index in [2.05, 4.69) is 37.9 Å². The molecule has 0 amide bonds. The Hall–Kier alpha value is -0.920. The number of aromatic nitrogens is 2. The predicted molar refractivity (Wildman–Crippen MR) is 74.9 cm³/mol. The molecule has 0 saturated carbocycles. The first kappa shape index (κ1) is 13.5. The van der Waals surface area contributed by atoms with E-state index in [1.807, 2.05) is 0 Å². The highest BCUT2D eigenvalue weighted by Gasteiger charge is 2.26. The molecule has 2 N–H and O–H groups in total. The van der Waals surface area contributed by atoms with Gasteiger partial charge in [-0.05, 0) is 23.0 Å². The third-order valence-corrected chi connectivity index (χ3v) is 4.07. The molecule has 1 aromatic rings. The Labute approximate surface area is 114 Å². The fourth-order valence-corrected chi connectivity index (χ4v) is 2.82. The maximum absolute atomic E-state index is 11.9. The summed E-state index contributed by atoms with van der Waals surface area (Å²) in [6.45, 7) is 3.27. The van der Waals surface area contributed by atoms with Gasteiger partial charge in [-0.2, -0.15) is 5.10 Å². The molecule has 0 aliphatic carbocycles. The van der Waals surface area contributed by atoms with Crippen LogP contribution in [0.15, 0.2) is 15.5 Å². The predicted octanol–water partition coefficient (Wildman–Crippen LogP) is -0.378. The number of hydrogen-bond acceptors (Lipinski definition) is 5. The van der Waals surface area contributed by atoms with Crippen molar-refractivity contribution in [1.29, 1.82) is 0 Å². The summed E-state index contributed by atoms with van der Waals surface area (Å²) in [5, 5.41) is 4.08. The fraction of sp³-hybridized carbons (Fsp3) is 0.636. The van der Waals surface area contributed by atoms with Crippen molar-refractivity contribution in [2.75, 3.05) is 38.1 Å². The highest BCUT2D eigenvalue weighted by atomic mass is 79.9. The van der Waals surface area contributed by atoms with E-state index in [9.17, 15) is 4.79 Å². The van der Waals surface area contributed by atoms with Crippen molar-refractivity contribution < 1.29 is 0 Å². The van der Waals surface area contributed by atoms with Crippen molar-refractivity contribution in [2.45, 2.75) is 6.04 Å². The van der Waals surface area contributed by atoms with Crippen LogP contribution in [0.5, 0.6) is 0 Å². The molecule has 100 valence electrons. The van der Waals surface area contributed by atoms with Gasteiger partial charge in [0.25, 0.3) is 5.56 Å². The second-order valence-corrected chi connectivity index (χ2v) is 5.41. The zero-order valence-electron chi connectivity index (χ0n) is 10.6. The molecular weight excluding hydrogens is 298 g/mol. The maximum atomic E-state index is 11.9. The minimum atomic E-state index is -0.123. The van der Waals surface area contributed by atoms with E-state index < -0.39 is 0 Å². The van der Waals surface area contributed by atoms with Gasteiger partial charge in [0.05, 0.1) is 17.9 Å². The lowest BCUT2D eigenvalue weighted by molar-refractivity contribution is 0.269. The molecule has 0 radical (unpaired) electrons. The van der Waals surface area contributed by atoms with Crippen LogP contribution < -0.4 is 16.2 Å². The number of piperazine rings is 1. The van der Waals surface area contributed by atoms with E-state index in [-0.39, 0.29) is 11.6 Å². The Morgan fingerprint density at radius 3 is 2.89 bits per heavy atom. The van der Waals surface area contributed by atoms with Crippen molar-refractivity contribution in [1.82, 2.24) is 14.7 Å². The van der Waals surface area contributed by atoms with E-state index >= 15 is 0 Å². The topological polar surface area (TPSA) is 67.4 Å². The van der Waals surface area contributed by atoms with Gasteiger partial charge in [-0.1, -0.05) is 0 Å². The van der Waals surface area contributed by atoms with Crippen LogP contribution in [-0.4, -0.2) is 53.9 Å². The normalized spacial score (nSPS) is 21.3. The maximum Gasteiger partial charge on any atom is 0.282 e. The van der Waals surface area contributed by atoms with Gasteiger partial charge in [0.2, 0.25) is 0 Å². The molecule has 1 aliphatic rings. The molecule has 18 heavy (non-hydrogen) atoms. The summed E-state index contributed by atoms with van der Waals surface area (Å²) in [6.07, 6.45) is 1.72. The lowest BCUT2D eigenvalue weighted by Gasteiger charge is -2.41. The summed E-state index contributed by atoms with van der Waals surface area (Å²) in [4.78, 5) is 16.3. The molecule has 2 rings (SSSR count). The van der Waals surface area contributed by atoms with Gasteiger partial charge >= 0.3 is 0 Å². The lowest BCUT2D eigenvalue weighted by Crippen LogP contribution is -2.55. The number of hydrogen-bond donors (Lipinski definition) is 1. The van der Waals surface area contributed by atoms with Gasteiger partial charge in [0.1, 0.15) is 4.47 Å². The Bertz CT molecular complexity index is 489. The van der Waals surface area contributed by atoms with Crippen molar-refractivity contribution in [3.63, 3.8) is 0 Å². The summed E-state index contributed by atoms with van der Waals surface area (Å²) >= 11 is 3.37. The third kappa shape index (κ3) is 2.43. The zero-order valence-corrected chi connectivity index (χ0v) is 12.2. The Morgan fingerprint density at radius 1 is 1.50 bits per heavy atom. The summed E-state index contributed by atoms with van der Waals surface area (Å²) in [5.74, 6) is 0. The Morgan fingerprint density at radius 2 is 2.22 bits per heavy atom. The molecule has 0 bridgehead atoms. The SMILES string of the molecule is CN1CCN(c2cnn(C)c(=O)c2Br)C(CN)C1. The molecule has 0 spiro atoms. The number of anilines is 1. The standard InChI is InChI=1S/C11H18BrN5O/c1-15-3-4-17(8(5-13)7-15)9-6-14-16(2)11(18)10(9)12/h6,8H,3-5,7,13H2,1-2H3. The van der Waals surface area contributed by atoms with E-state index in [1.165, 1.54) is 4.68 Å². The number of nitrogens with two attached hydrogens (primary N) is 1. The minimum absolute atomic E-state index is 0.123. The zero-order chi connectivity index (χ0) is 13.3. The van der Waals surface area contributed by atoms with Gasteiger partial charge < -0.3 is 15.5 Å². The average Bonchev–Trinajstić information content (AvgIpc) is 2.37. The van der Waals surface area contributed by atoms with Crippen molar-refractivity contribution in [2.24, 2.45) is 12.8 Å². The van der Waals surface area contributed by atoms with Gasteiger partial charge in [-0.15, -0.1) is 0 Å². The quantitative estimate of drug-likeness (QED) is 0.806. The minimum Gasteiger partial charge on any atom is -0.362 e. The molecule has 1 atom stereocenters. The van der Waals surface area contributed by atoms with E-state index in [0.29, 0.717) is 11.0 Å². The van der Waals surface area contributed by atoms with Crippen LogP contribution in [0.2, 0.25) is 0 Å². The van der Waals surface area contributed by atoms with E-state index in [1.54, 1.807) is 13.2 Å². The molecule has 1 aromatic heterocycles. The van der Waals surface area contributed by atoms with Crippen LogP contribution in [0.1, 0.15) is 0 Å². The second-order valence-electron chi connectivity index (χ2n) is 4.62. The fourth-order valence-electron chi connectivity index (χ4n) is 2.23. The molecule has 1 fully saturated rings. The second kappa shape index (κ2) is 5.38. The number of aryl methyl sites for hydroxylation is 1. The molecule has 2 heterocycles. The van der Waals surface area contributed by atoms with Crippen molar-refractivity contribution in [3.8, 4) is 0 Å². The first-order valence-electron chi connectivity index (χ1n) is 5.91. The summed E-state index contributed by atoms with van der Waals surface area (Å²) in [5.41, 5.74) is 6.54. The van der Waals surface area contributed by atoms with Crippen molar-refractivity contribution >= 4 is 21.6 Å². The smallest absolute Gasteiger partial charge is 0.282 e. The number of nitrogens with zero attached hydrogens (tertiary/aromatic N) is 4. The van der Waals surface area contributed by atoms with E-state index in [4.69, 9.17) is 5.73 Å². The van der Waals surface area contributed by atoms with Crippen LogP contribution in [0.4, 0.5) is 5.69 Å². The third-order valence-electron chi connectivity index (χ3n) is 3.33. The van der Waals surface area contributed by atoms with E-state index in [0.717, 1.165) is 25.3 Å². The molecular formula is C11H18BrN5O. The van der Waals surface area contributed by atoms with Crippen LogP contribution >= 0.6 is 15.9 Å². The first-order valence-corrected chi connectivity index (χ1v) is 6.71. The van der Waals surface area contributed by atoms with Crippen LogP contribution in [-0.2, 0) is 7.05 Å². The molecule has 1 saturated heterocycles. The molecule has 0 aromatic carbocycles. The average molecular weight is 316 g/mol. The summed E-state index contributed by atoms with van der Waals surface area (Å²) < 4.78 is 1.88. The lowest BCUT2D eigenvalue weighted by atomic mass is 10.1. The number of halogens is 1. The molecule has 1 unspecified atom stereocenters. The molecule has 6 nitrogen and oxygen atoms in total. The number of likely N-dealkylation sites (N-methyl/N-ethyl adjacent to an activating group) is 1. The van der Waals surface area contributed by atoms with Crippen LogP contribution in [0, 0.1) is 0 Å². The van der Waals surface area contributed by atoms with Crippen LogP contribution in [0.3, 0.4) is 0 Å². The largest absolute Gasteiger partial charge is 0.362 e. The summed E-state index contributed by atoms with van der Waals surface area (Å²) in [6, 6.07) is 0.217. The number of rotatable bonds is 2. The van der Waals surface area contributed by atoms with Crippen molar-refractivity contribution in [3.05, 3.63) is 21.0 Å². The van der Waals surface area contributed by atoms with Gasteiger partial charge in [-0.25, -0.2) is 4.68 Å². The van der Waals surface area contributed by atoms with Crippen LogP contribution in [0.25, 0.3) is 0 Å². The van der Waals surface area contributed by atoms with Gasteiger partial charge in [-0.3, -0.25) is 4.79 Å². The Balaban J connectivity index is 2.36. The molecule has 1 aliphatic heterocycles.